The molecule has 2 heterocycles. The molecule has 0 atom stereocenters. The Morgan fingerprint density at radius 2 is 2.12 bits per heavy atom. The lowest BCUT2D eigenvalue weighted by molar-refractivity contribution is 0.303. The van der Waals surface area contributed by atoms with E-state index in [1.54, 1.807) is 12.4 Å². The van der Waals surface area contributed by atoms with Crippen LogP contribution in [0.5, 0.6) is 5.75 Å². The minimum Gasteiger partial charge on any atom is -0.487 e. The zero-order valence-corrected chi connectivity index (χ0v) is 10.5. The van der Waals surface area contributed by atoms with Gasteiger partial charge in [-0.05, 0) is 18.2 Å². The van der Waals surface area contributed by atoms with Crippen molar-refractivity contribution in [1.82, 2.24) is 9.97 Å². The zero-order chi connectivity index (χ0) is 12.1. The fraction of sp³-hybridized carbons (Fsp3) is 0.167. The van der Waals surface area contributed by atoms with Crippen molar-refractivity contribution in [3.8, 4) is 5.75 Å². The molecule has 0 aromatic carbocycles. The van der Waals surface area contributed by atoms with Crippen molar-refractivity contribution in [2.24, 2.45) is 0 Å². The Balaban J connectivity index is 1.97. The number of rotatable bonds is 4. The van der Waals surface area contributed by atoms with Gasteiger partial charge >= 0.3 is 0 Å². The second-order valence-electron chi connectivity index (χ2n) is 3.42. The minimum atomic E-state index is -0.362. The number of ether oxygens (including phenoxy) is 1. The highest BCUT2D eigenvalue weighted by atomic mass is 79.9. The molecule has 88 valence electrons. The predicted octanol–water partition coefficient (Wildman–Crippen LogP) is 3.09. The molecule has 0 unspecified atom stereocenters. The Kier molecular flexibility index (Phi) is 4.03. The molecule has 2 aromatic rings. The monoisotopic (exact) mass is 296 g/mol. The van der Waals surface area contributed by atoms with Gasteiger partial charge in [0, 0.05) is 17.1 Å². The molecule has 0 saturated heterocycles. The Bertz CT molecular complexity index is 490. The van der Waals surface area contributed by atoms with Gasteiger partial charge in [-0.2, -0.15) is 0 Å². The topological polar surface area (TPSA) is 35.0 Å². The minimum absolute atomic E-state index is 0.278. The first kappa shape index (κ1) is 12.0. The third kappa shape index (κ3) is 3.49. The van der Waals surface area contributed by atoms with E-state index < -0.39 is 0 Å². The van der Waals surface area contributed by atoms with E-state index in [1.165, 1.54) is 6.07 Å². The molecule has 2 rings (SSSR count). The Labute approximate surface area is 107 Å². The largest absolute Gasteiger partial charge is 0.487 e. The first-order valence-electron chi connectivity index (χ1n) is 5.01. The maximum Gasteiger partial charge on any atom is 0.141 e. The van der Waals surface area contributed by atoms with Crippen molar-refractivity contribution in [3.63, 3.8) is 0 Å². The molecule has 0 N–H and O–H groups in total. The van der Waals surface area contributed by atoms with Crippen LogP contribution in [0.2, 0.25) is 0 Å². The van der Waals surface area contributed by atoms with Gasteiger partial charge in [0.2, 0.25) is 0 Å². The highest BCUT2D eigenvalue weighted by Gasteiger charge is 1.99. The first-order valence-corrected chi connectivity index (χ1v) is 6.13. The van der Waals surface area contributed by atoms with Gasteiger partial charge in [0.25, 0.3) is 0 Å². The van der Waals surface area contributed by atoms with Crippen molar-refractivity contribution in [2.75, 3.05) is 0 Å². The number of aromatic nitrogens is 2. The van der Waals surface area contributed by atoms with E-state index in [1.807, 2.05) is 12.1 Å². The summed E-state index contributed by atoms with van der Waals surface area (Å²) in [7, 11) is 0. The summed E-state index contributed by atoms with van der Waals surface area (Å²) in [6.07, 6.45) is 4.38. The normalized spacial score (nSPS) is 10.2. The third-order valence-corrected chi connectivity index (χ3v) is 2.68. The van der Waals surface area contributed by atoms with Crippen LogP contribution >= 0.6 is 15.9 Å². The fourth-order valence-electron chi connectivity index (χ4n) is 1.28. The van der Waals surface area contributed by atoms with Gasteiger partial charge in [-0.15, -0.1) is 0 Å². The number of halogens is 2. The van der Waals surface area contributed by atoms with Crippen molar-refractivity contribution in [3.05, 3.63) is 53.9 Å². The van der Waals surface area contributed by atoms with E-state index in [9.17, 15) is 4.39 Å². The second kappa shape index (κ2) is 5.72. The van der Waals surface area contributed by atoms with Crippen LogP contribution in [0, 0.1) is 5.82 Å². The van der Waals surface area contributed by atoms with Crippen molar-refractivity contribution < 1.29 is 9.13 Å². The van der Waals surface area contributed by atoms with Gasteiger partial charge in [-0.3, -0.25) is 9.97 Å². The summed E-state index contributed by atoms with van der Waals surface area (Å²) in [6, 6.07) is 5.09. The zero-order valence-electron chi connectivity index (χ0n) is 8.94. The summed E-state index contributed by atoms with van der Waals surface area (Å²) < 4.78 is 18.3. The fourth-order valence-corrected chi connectivity index (χ4v) is 1.61. The van der Waals surface area contributed by atoms with Gasteiger partial charge in [-0.25, -0.2) is 4.39 Å². The van der Waals surface area contributed by atoms with Gasteiger partial charge in [-0.1, -0.05) is 15.9 Å². The van der Waals surface area contributed by atoms with E-state index in [4.69, 9.17) is 4.74 Å². The average Bonchev–Trinajstić information content (AvgIpc) is 2.37. The van der Waals surface area contributed by atoms with Crippen molar-refractivity contribution in [2.45, 2.75) is 11.9 Å². The summed E-state index contributed by atoms with van der Waals surface area (Å²) in [4.78, 5) is 7.91. The molecule has 0 spiro atoms. The Hall–Kier alpha value is -1.49. The number of nitrogens with zero attached hydrogens (tertiary/aromatic N) is 2. The number of hydrogen-bond donors (Lipinski definition) is 0. The molecule has 0 radical (unpaired) electrons. The molecule has 0 aliphatic heterocycles. The highest BCUT2D eigenvalue weighted by Crippen LogP contribution is 2.13. The maximum atomic E-state index is 12.9. The molecular weight excluding hydrogens is 287 g/mol. The van der Waals surface area contributed by atoms with Gasteiger partial charge < -0.3 is 4.74 Å². The van der Waals surface area contributed by atoms with Crippen LogP contribution in [-0.2, 0) is 11.9 Å². The lowest BCUT2D eigenvalue weighted by atomic mass is 10.3. The number of pyridine rings is 2. The van der Waals surface area contributed by atoms with Crippen LogP contribution in [0.3, 0.4) is 0 Å². The summed E-state index contributed by atoms with van der Waals surface area (Å²) >= 11 is 3.31. The third-order valence-electron chi connectivity index (χ3n) is 2.10. The molecule has 2 aromatic heterocycles. The quantitative estimate of drug-likeness (QED) is 0.813. The molecule has 17 heavy (non-hydrogen) atoms. The van der Waals surface area contributed by atoms with Gasteiger partial charge in [0.15, 0.2) is 0 Å². The molecule has 5 heteroatoms. The summed E-state index contributed by atoms with van der Waals surface area (Å²) in [6.45, 7) is 0.278. The van der Waals surface area contributed by atoms with E-state index in [0.29, 0.717) is 16.6 Å². The smallest absolute Gasteiger partial charge is 0.141 e. The van der Waals surface area contributed by atoms with Crippen LogP contribution in [0.15, 0.2) is 36.8 Å². The summed E-state index contributed by atoms with van der Waals surface area (Å²) in [5, 5.41) is 0.709. The first-order chi connectivity index (χ1) is 8.28. The Morgan fingerprint density at radius 1 is 1.24 bits per heavy atom. The van der Waals surface area contributed by atoms with E-state index in [0.717, 1.165) is 11.9 Å². The lowest BCUT2D eigenvalue weighted by Crippen LogP contribution is -1.97. The van der Waals surface area contributed by atoms with Crippen molar-refractivity contribution in [1.29, 1.82) is 0 Å². The molecule has 0 saturated carbocycles. The van der Waals surface area contributed by atoms with Gasteiger partial charge in [0.1, 0.15) is 18.2 Å². The summed E-state index contributed by atoms with van der Waals surface area (Å²) in [5.74, 6) is 0.290. The van der Waals surface area contributed by atoms with E-state index >= 15 is 0 Å². The molecule has 0 amide bonds. The molecule has 0 aliphatic rings. The number of hydrogen-bond acceptors (Lipinski definition) is 3. The lowest BCUT2D eigenvalue weighted by Gasteiger charge is -2.05. The highest BCUT2D eigenvalue weighted by molar-refractivity contribution is 9.08. The number of alkyl halides is 1. The van der Waals surface area contributed by atoms with Crippen molar-refractivity contribution >= 4 is 15.9 Å². The molecule has 0 bridgehead atoms. The summed E-state index contributed by atoms with van der Waals surface area (Å²) in [5.41, 5.74) is 1.62. The average molecular weight is 297 g/mol. The van der Waals surface area contributed by atoms with E-state index in [-0.39, 0.29) is 12.4 Å². The molecule has 0 fully saturated rings. The molecular formula is C12H10BrFN2O. The SMILES string of the molecule is Fc1cncc(COc2ccc(CBr)nc2)c1. The molecule has 3 nitrogen and oxygen atoms in total. The van der Waals surface area contributed by atoms with E-state index in [2.05, 4.69) is 25.9 Å². The van der Waals surface area contributed by atoms with Crippen LogP contribution in [-0.4, -0.2) is 9.97 Å². The van der Waals surface area contributed by atoms with Crippen LogP contribution in [0.4, 0.5) is 4.39 Å². The Morgan fingerprint density at radius 3 is 2.76 bits per heavy atom. The van der Waals surface area contributed by atoms with Gasteiger partial charge in [0.05, 0.1) is 18.1 Å². The second-order valence-corrected chi connectivity index (χ2v) is 3.98. The van der Waals surface area contributed by atoms with Crippen LogP contribution < -0.4 is 4.74 Å². The van der Waals surface area contributed by atoms with Crippen LogP contribution in [0.25, 0.3) is 0 Å². The van der Waals surface area contributed by atoms with Crippen LogP contribution in [0.1, 0.15) is 11.3 Å². The predicted molar refractivity (Wildman–Crippen MR) is 65.4 cm³/mol. The maximum absolute atomic E-state index is 12.9. The standard InChI is InChI=1S/C12H10BrFN2O/c13-4-11-1-2-12(7-16-11)17-8-9-3-10(14)6-15-5-9/h1-3,5-7H,4,8H2. The molecule has 0 aliphatic carbocycles.